The van der Waals surface area contributed by atoms with Crippen LogP contribution in [0.4, 0.5) is 0 Å². The maximum Gasteiger partial charge on any atom is 0.325 e. The van der Waals surface area contributed by atoms with Crippen LogP contribution in [0.3, 0.4) is 0 Å². The highest BCUT2D eigenvalue weighted by Crippen LogP contribution is 2.34. The third kappa shape index (κ3) is 12.2. The molecular formula is C28H44NO4P. The Morgan fingerprint density at radius 3 is 2.29 bits per heavy atom. The van der Waals surface area contributed by atoms with Gasteiger partial charge in [0.25, 0.3) is 0 Å². The number of benzene rings is 2. The molecule has 0 aliphatic heterocycles. The fourth-order valence-electron chi connectivity index (χ4n) is 4.20. The van der Waals surface area contributed by atoms with Crippen molar-refractivity contribution in [2.75, 3.05) is 19.3 Å². The molecule has 0 radical (unpaired) electrons. The first kappa shape index (κ1) is 28.6. The molecule has 0 amide bonds. The predicted molar refractivity (Wildman–Crippen MR) is 142 cm³/mol. The van der Waals surface area contributed by atoms with Crippen LogP contribution in [0.2, 0.25) is 0 Å². The third-order valence-electron chi connectivity index (χ3n) is 6.39. The molecule has 6 heteroatoms. The Balaban J connectivity index is 1.72. The zero-order valence-corrected chi connectivity index (χ0v) is 22.2. The summed E-state index contributed by atoms with van der Waals surface area (Å²) in [5.74, 6) is 1.60. The van der Waals surface area contributed by atoms with E-state index in [1.54, 1.807) is 0 Å². The maximum atomic E-state index is 10.9. The fraction of sp³-hybridized carbons (Fsp3) is 0.571. The molecule has 3 N–H and O–H groups in total. The first-order valence-electron chi connectivity index (χ1n) is 12.8. The van der Waals surface area contributed by atoms with E-state index in [4.69, 9.17) is 14.5 Å². The van der Waals surface area contributed by atoms with Gasteiger partial charge >= 0.3 is 7.60 Å². The molecule has 34 heavy (non-hydrogen) atoms. The highest BCUT2D eigenvalue weighted by Gasteiger charge is 2.12. The van der Waals surface area contributed by atoms with Gasteiger partial charge in [-0.15, -0.1) is 0 Å². The predicted octanol–water partition coefficient (Wildman–Crippen LogP) is 6.56. The van der Waals surface area contributed by atoms with Crippen LogP contribution >= 0.6 is 7.60 Å². The molecular weight excluding hydrogens is 445 g/mol. The summed E-state index contributed by atoms with van der Waals surface area (Å²) in [5.41, 5.74) is 5.33. The van der Waals surface area contributed by atoms with E-state index in [-0.39, 0.29) is 6.16 Å². The monoisotopic (exact) mass is 489 g/mol. The number of hydrogen-bond acceptors (Lipinski definition) is 3. The lowest BCUT2D eigenvalue weighted by Crippen LogP contribution is -2.15. The summed E-state index contributed by atoms with van der Waals surface area (Å²) in [5, 5.41) is 3.22. The summed E-state index contributed by atoms with van der Waals surface area (Å²) in [7, 11) is -3.89. The number of aryl methyl sites for hydroxylation is 2. The van der Waals surface area contributed by atoms with Crippen LogP contribution in [-0.4, -0.2) is 29.1 Å². The van der Waals surface area contributed by atoms with E-state index in [1.165, 1.54) is 48.8 Å². The van der Waals surface area contributed by atoms with E-state index in [2.05, 4.69) is 44.3 Å². The van der Waals surface area contributed by atoms with Gasteiger partial charge in [0, 0.05) is 6.54 Å². The molecule has 5 nitrogen and oxygen atoms in total. The zero-order valence-electron chi connectivity index (χ0n) is 21.3. The lowest BCUT2D eigenvalue weighted by Gasteiger charge is -2.18. The topological polar surface area (TPSA) is 78.8 Å². The van der Waals surface area contributed by atoms with E-state index in [9.17, 15) is 4.57 Å². The summed E-state index contributed by atoms with van der Waals surface area (Å²) in [6.07, 6.45) is 8.96. The molecule has 2 aromatic rings. The van der Waals surface area contributed by atoms with Crippen LogP contribution < -0.4 is 10.1 Å². The number of nitrogens with one attached hydrogen (secondary N) is 1. The van der Waals surface area contributed by atoms with Crippen molar-refractivity contribution in [1.29, 1.82) is 0 Å². The van der Waals surface area contributed by atoms with E-state index < -0.39 is 7.60 Å². The van der Waals surface area contributed by atoms with Gasteiger partial charge < -0.3 is 19.8 Å². The average Bonchev–Trinajstić information content (AvgIpc) is 2.79. The Labute approximate surface area is 206 Å². The average molecular weight is 490 g/mol. The van der Waals surface area contributed by atoms with Gasteiger partial charge in [-0.1, -0.05) is 62.9 Å². The summed E-state index contributed by atoms with van der Waals surface area (Å²) in [6.45, 7) is 8.64. The minimum absolute atomic E-state index is 0.0725. The molecule has 0 aliphatic rings. The van der Waals surface area contributed by atoms with Gasteiger partial charge in [-0.2, -0.15) is 0 Å². The smallest absolute Gasteiger partial charge is 0.325 e. The maximum absolute atomic E-state index is 10.9. The quantitative estimate of drug-likeness (QED) is 0.173. The molecule has 2 aromatic carbocycles. The number of unbranched alkanes of at least 4 members (excludes halogenated alkanes) is 2. The van der Waals surface area contributed by atoms with Crippen LogP contribution in [0.5, 0.6) is 5.75 Å². The molecule has 190 valence electrons. The van der Waals surface area contributed by atoms with E-state index in [0.717, 1.165) is 30.8 Å². The molecule has 0 spiro atoms. The first-order valence-corrected chi connectivity index (χ1v) is 14.6. The van der Waals surface area contributed by atoms with Crippen LogP contribution in [0.15, 0.2) is 42.5 Å². The molecule has 2 rings (SSSR count). The number of ether oxygens (including phenoxy) is 1. The van der Waals surface area contributed by atoms with E-state index in [0.29, 0.717) is 25.4 Å². The van der Waals surface area contributed by atoms with Gasteiger partial charge in [0.1, 0.15) is 5.75 Å². The lowest BCUT2D eigenvalue weighted by molar-refractivity contribution is 0.286. The van der Waals surface area contributed by atoms with Gasteiger partial charge in [-0.3, -0.25) is 4.57 Å². The highest BCUT2D eigenvalue weighted by molar-refractivity contribution is 7.51. The molecule has 0 aliphatic carbocycles. The molecule has 1 atom stereocenters. The second-order valence-corrected chi connectivity index (χ2v) is 11.3. The molecule has 0 saturated heterocycles. The second-order valence-electron chi connectivity index (χ2n) is 9.54. The Kier molecular flexibility index (Phi) is 12.9. The molecule has 0 aromatic heterocycles. The van der Waals surface area contributed by atoms with Crippen molar-refractivity contribution < 1.29 is 19.1 Å². The Hall–Kier alpha value is -1.65. The second kappa shape index (κ2) is 15.4. The van der Waals surface area contributed by atoms with Crippen LogP contribution in [0.25, 0.3) is 0 Å². The molecule has 0 bridgehead atoms. The van der Waals surface area contributed by atoms with Crippen LogP contribution in [-0.2, 0) is 17.5 Å². The molecule has 0 fully saturated rings. The minimum Gasteiger partial charge on any atom is -0.494 e. The Morgan fingerprint density at radius 1 is 0.912 bits per heavy atom. The van der Waals surface area contributed by atoms with Gasteiger partial charge in [0.05, 0.1) is 12.8 Å². The van der Waals surface area contributed by atoms with Crippen molar-refractivity contribution in [1.82, 2.24) is 5.32 Å². The third-order valence-corrected chi connectivity index (χ3v) is 7.29. The standard InChI is InChI=1S/C28H44NO4P/c1-4-5-6-9-25(21-27-12-11-23(2)24(3)20-27)10-7-18-33-28-15-13-26(14-16-28)22-29-17-8-19-34(30,31)32/h11-16,20,25,29H,4-10,17-19,21-22H2,1-3H3,(H2,30,31,32). The highest BCUT2D eigenvalue weighted by atomic mass is 31.2. The number of hydrogen-bond donors (Lipinski definition) is 3. The minimum atomic E-state index is -3.89. The van der Waals surface area contributed by atoms with Gasteiger partial charge in [0.15, 0.2) is 0 Å². The van der Waals surface area contributed by atoms with Crippen molar-refractivity contribution in [2.24, 2.45) is 5.92 Å². The van der Waals surface area contributed by atoms with Gasteiger partial charge in [-0.25, -0.2) is 0 Å². The van der Waals surface area contributed by atoms with Crippen LogP contribution in [0.1, 0.15) is 74.1 Å². The Bertz CT molecular complexity index is 878. The normalized spacial score (nSPS) is 12.6. The number of rotatable bonds is 17. The Morgan fingerprint density at radius 2 is 1.62 bits per heavy atom. The van der Waals surface area contributed by atoms with Crippen molar-refractivity contribution in [3.63, 3.8) is 0 Å². The lowest BCUT2D eigenvalue weighted by atomic mass is 9.89. The van der Waals surface area contributed by atoms with E-state index >= 15 is 0 Å². The van der Waals surface area contributed by atoms with Crippen molar-refractivity contribution >= 4 is 7.60 Å². The van der Waals surface area contributed by atoms with Crippen LogP contribution in [0, 0.1) is 19.8 Å². The summed E-state index contributed by atoms with van der Waals surface area (Å²) >= 11 is 0. The van der Waals surface area contributed by atoms with Crippen molar-refractivity contribution in [2.45, 2.75) is 78.7 Å². The zero-order chi connectivity index (χ0) is 24.8. The summed E-state index contributed by atoms with van der Waals surface area (Å²) < 4.78 is 16.9. The summed E-state index contributed by atoms with van der Waals surface area (Å²) in [6, 6.07) is 15.0. The summed E-state index contributed by atoms with van der Waals surface area (Å²) in [4.78, 5) is 17.8. The van der Waals surface area contributed by atoms with Crippen molar-refractivity contribution in [3.8, 4) is 5.75 Å². The SMILES string of the molecule is CCCCCC(CCCOc1ccc(CNCCCP(=O)(O)O)cc1)Cc1ccc(C)c(C)c1. The van der Waals surface area contributed by atoms with Gasteiger partial charge in [0.2, 0.25) is 0 Å². The first-order chi connectivity index (χ1) is 16.3. The molecule has 0 heterocycles. The van der Waals surface area contributed by atoms with E-state index in [1.807, 2.05) is 24.3 Å². The largest absolute Gasteiger partial charge is 0.494 e. The fourth-order valence-corrected chi connectivity index (χ4v) is 4.77. The molecule has 1 unspecified atom stereocenters. The van der Waals surface area contributed by atoms with Crippen molar-refractivity contribution in [3.05, 3.63) is 64.7 Å². The molecule has 0 saturated carbocycles. The van der Waals surface area contributed by atoms with Gasteiger partial charge in [-0.05, 0) is 86.4 Å².